The van der Waals surface area contributed by atoms with Crippen molar-refractivity contribution in [2.24, 2.45) is 5.92 Å². The van der Waals surface area contributed by atoms with Gasteiger partial charge in [0.2, 0.25) is 0 Å². The van der Waals surface area contributed by atoms with E-state index in [1.54, 1.807) is 0 Å². The third kappa shape index (κ3) is 5.39. The van der Waals surface area contributed by atoms with E-state index in [0.717, 1.165) is 5.92 Å². The molecular weight excluding hydrogens is 272 g/mol. The molecule has 0 amide bonds. The van der Waals surface area contributed by atoms with Gasteiger partial charge in [0.1, 0.15) is 0 Å². The Hall–Kier alpha value is -0.950. The van der Waals surface area contributed by atoms with Crippen molar-refractivity contribution >= 4 is 22.5 Å². The smallest absolute Gasteiger partial charge is 0.00269 e. The summed E-state index contributed by atoms with van der Waals surface area (Å²) in [7, 11) is 0. The van der Waals surface area contributed by atoms with Crippen molar-refractivity contribution in [2.45, 2.75) is 46.0 Å². The summed E-state index contributed by atoms with van der Waals surface area (Å²) in [5.74, 6) is 3.51. The molecule has 1 unspecified atom stereocenters. The summed E-state index contributed by atoms with van der Waals surface area (Å²) in [5, 5.41) is 2.72. The topological polar surface area (TPSA) is 0 Å². The molecule has 0 radical (unpaired) electrons. The molecule has 0 spiro atoms. The lowest BCUT2D eigenvalue weighted by atomic mass is 10.0. The maximum absolute atomic E-state index is 2.35. The van der Waals surface area contributed by atoms with Crippen LogP contribution in [0, 0.1) is 5.92 Å². The van der Waals surface area contributed by atoms with Gasteiger partial charge in [-0.1, -0.05) is 75.6 Å². The van der Waals surface area contributed by atoms with Crippen molar-refractivity contribution in [1.29, 1.82) is 0 Å². The van der Waals surface area contributed by atoms with Crippen LogP contribution < -0.4 is 0 Å². The summed E-state index contributed by atoms with van der Waals surface area (Å²) >= 11 is 2.14. The highest BCUT2D eigenvalue weighted by Crippen LogP contribution is 2.20. The summed E-state index contributed by atoms with van der Waals surface area (Å²) < 4.78 is 0. The Kier molecular flexibility index (Phi) is 7.15. The van der Waals surface area contributed by atoms with Crippen LogP contribution in [0.1, 0.15) is 45.1 Å². The van der Waals surface area contributed by atoms with Gasteiger partial charge >= 0.3 is 0 Å². The van der Waals surface area contributed by atoms with Crippen molar-refractivity contribution in [3.05, 3.63) is 48.0 Å². The first-order chi connectivity index (χ1) is 10.3. The number of hydrogen-bond donors (Lipinski definition) is 0. The molecule has 0 aliphatic heterocycles. The minimum absolute atomic E-state index is 0.923. The summed E-state index contributed by atoms with van der Waals surface area (Å²) in [6.07, 6.45) is 6.67. The van der Waals surface area contributed by atoms with E-state index in [2.05, 4.69) is 68.1 Å². The zero-order valence-corrected chi connectivity index (χ0v) is 14.3. The average molecular weight is 301 g/mol. The van der Waals surface area contributed by atoms with Crippen LogP contribution >= 0.6 is 11.8 Å². The van der Waals surface area contributed by atoms with E-state index >= 15 is 0 Å². The Bertz CT molecular complexity index is 532. The highest BCUT2D eigenvalue weighted by Gasteiger charge is 2.05. The van der Waals surface area contributed by atoms with Gasteiger partial charge in [-0.15, -0.1) is 0 Å². The average Bonchev–Trinajstić information content (AvgIpc) is 2.54. The van der Waals surface area contributed by atoms with E-state index < -0.39 is 0 Å². The van der Waals surface area contributed by atoms with Crippen molar-refractivity contribution in [1.82, 2.24) is 0 Å². The first-order valence-electron chi connectivity index (χ1n) is 8.39. The van der Waals surface area contributed by atoms with Crippen LogP contribution in [-0.4, -0.2) is 11.5 Å². The number of aryl methyl sites for hydroxylation is 1. The molecule has 0 heterocycles. The quantitative estimate of drug-likeness (QED) is 0.487. The molecule has 0 fully saturated rings. The molecule has 2 aromatic rings. The molecule has 0 saturated heterocycles. The number of hydrogen-bond acceptors (Lipinski definition) is 1. The number of benzene rings is 2. The predicted octanol–water partition coefficient (Wildman–Crippen LogP) is 6.33. The van der Waals surface area contributed by atoms with Gasteiger partial charge in [-0.3, -0.25) is 0 Å². The van der Waals surface area contributed by atoms with Gasteiger partial charge in [0, 0.05) is 0 Å². The third-order valence-electron chi connectivity index (χ3n) is 4.25. The molecule has 0 nitrogen and oxygen atoms in total. The van der Waals surface area contributed by atoms with E-state index in [0.29, 0.717) is 0 Å². The summed E-state index contributed by atoms with van der Waals surface area (Å²) in [6, 6.07) is 15.5. The molecule has 0 aliphatic carbocycles. The van der Waals surface area contributed by atoms with Crippen LogP contribution in [-0.2, 0) is 6.42 Å². The fourth-order valence-corrected chi connectivity index (χ4v) is 4.01. The first-order valence-corrected chi connectivity index (χ1v) is 9.54. The van der Waals surface area contributed by atoms with Crippen molar-refractivity contribution in [2.75, 3.05) is 11.5 Å². The lowest BCUT2D eigenvalue weighted by Crippen LogP contribution is -2.03. The third-order valence-corrected chi connectivity index (χ3v) is 5.45. The molecule has 1 heteroatoms. The lowest BCUT2D eigenvalue weighted by Gasteiger charge is -2.13. The van der Waals surface area contributed by atoms with Crippen LogP contribution in [0.4, 0.5) is 0 Å². The Morgan fingerprint density at radius 1 is 1.00 bits per heavy atom. The van der Waals surface area contributed by atoms with E-state index in [-0.39, 0.29) is 0 Å². The highest BCUT2D eigenvalue weighted by atomic mass is 32.2. The summed E-state index contributed by atoms with van der Waals surface area (Å²) in [6.45, 7) is 4.63. The molecule has 0 aromatic heterocycles. The normalized spacial score (nSPS) is 12.7. The van der Waals surface area contributed by atoms with Gasteiger partial charge in [-0.2, -0.15) is 11.8 Å². The number of thioether (sulfide) groups is 1. The van der Waals surface area contributed by atoms with E-state index in [4.69, 9.17) is 0 Å². The second kappa shape index (κ2) is 9.15. The molecule has 0 saturated carbocycles. The van der Waals surface area contributed by atoms with Gasteiger partial charge in [-0.05, 0) is 46.6 Å². The zero-order chi connectivity index (χ0) is 14.9. The molecule has 21 heavy (non-hydrogen) atoms. The standard InChI is InChI=1S/C20H28S/c1-3-5-8-17(4-2)16-21-14-13-18-11-12-19-9-6-7-10-20(19)15-18/h6-7,9-12,15,17H,3-5,8,13-14,16H2,1-2H3. The van der Waals surface area contributed by atoms with E-state index in [1.165, 1.54) is 59.9 Å². The molecular formula is C20H28S. The number of rotatable bonds is 9. The van der Waals surface area contributed by atoms with Crippen LogP contribution in [0.2, 0.25) is 0 Å². The van der Waals surface area contributed by atoms with Gasteiger partial charge < -0.3 is 0 Å². The van der Waals surface area contributed by atoms with E-state index in [1.807, 2.05) is 0 Å². The lowest BCUT2D eigenvalue weighted by molar-refractivity contribution is 0.499. The molecule has 0 N–H and O–H groups in total. The van der Waals surface area contributed by atoms with Crippen LogP contribution in [0.25, 0.3) is 10.8 Å². The summed E-state index contributed by atoms with van der Waals surface area (Å²) in [4.78, 5) is 0. The van der Waals surface area contributed by atoms with Crippen molar-refractivity contribution in [3.63, 3.8) is 0 Å². The second-order valence-electron chi connectivity index (χ2n) is 5.92. The monoisotopic (exact) mass is 300 g/mol. The maximum atomic E-state index is 2.35. The van der Waals surface area contributed by atoms with Crippen LogP contribution in [0.3, 0.4) is 0 Å². The number of fused-ring (bicyclic) bond motifs is 1. The maximum Gasteiger partial charge on any atom is -0.00269 e. The predicted molar refractivity (Wildman–Crippen MR) is 98.3 cm³/mol. The Morgan fingerprint density at radius 2 is 1.81 bits per heavy atom. The fourth-order valence-electron chi connectivity index (χ4n) is 2.73. The van der Waals surface area contributed by atoms with Gasteiger partial charge in [0.15, 0.2) is 0 Å². The molecule has 114 valence electrons. The second-order valence-corrected chi connectivity index (χ2v) is 7.07. The van der Waals surface area contributed by atoms with Crippen molar-refractivity contribution < 1.29 is 0 Å². The molecule has 1 atom stereocenters. The largest absolute Gasteiger partial charge is 0.161 e. The van der Waals surface area contributed by atoms with Gasteiger partial charge in [0.05, 0.1) is 0 Å². The Balaban J connectivity index is 1.76. The molecule has 2 rings (SSSR count). The number of unbranched alkanes of at least 4 members (excludes halogenated alkanes) is 1. The van der Waals surface area contributed by atoms with Gasteiger partial charge in [-0.25, -0.2) is 0 Å². The fraction of sp³-hybridized carbons (Fsp3) is 0.500. The minimum atomic E-state index is 0.923. The molecule has 0 aliphatic rings. The molecule has 2 aromatic carbocycles. The van der Waals surface area contributed by atoms with Gasteiger partial charge in [0.25, 0.3) is 0 Å². The van der Waals surface area contributed by atoms with Crippen molar-refractivity contribution in [3.8, 4) is 0 Å². The van der Waals surface area contributed by atoms with Crippen LogP contribution in [0.5, 0.6) is 0 Å². The van der Waals surface area contributed by atoms with Crippen LogP contribution in [0.15, 0.2) is 42.5 Å². The minimum Gasteiger partial charge on any atom is -0.161 e. The Labute approximate surface area is 134 Å². The first kappa shape index (κ1) is 16.4. The molecule has 0 bridgehead atoms. The zero-order valence-electron chi connectivity index (χ0n) is 13.5. The Morgan fingerprint density at radius 3 is 2.57 bits per heavy atom. The highest BCUT2D eigenvalue weighted by molar-refractivity contribution is 7.99. The van der Waals surface area contributed by atoms with E-state index in [9.17, 15) is 0 Å². The SMILES string of the molecule is CCCCC(CC)CSCCc1ccc2ccccc2c1. The summed E-state index contributed by atoms with van der Waals surface area (Å²) in [5.41, 5.74) is 1.47.